The first-order valence-electron chi connectivity index (χ1n) is 10.0. The molecule has 0 saturated carbocycles. The van der Waals surface area contributed by atoms with Crippen molar-refractivity contribution < 1.29 is 18.0 Å². The van der Waals surface area contributed by atoms with E-state index in [9.17, 15) is 18.0 Å². The molecule has 1 unspecified atom stereocenters. The minimum Gasteiger partial charge on any atom is -0.338 e. The van der Waals surface area contributed by atoms with Gasteiger partial charge in [-0.25, -0.2) is 0 Å². The van der Waals surface area contributed by atoms with Crippen molar-refractivity contribution in [2.45, 2.75) is 24.9 Å². The van der Waals surface area contributed by atoms with Crippen molar-refractivity contribution in [1.82, 2.24) is 4.90 Å². The molecule has 1 fully saturated rings. The summed E-state index contributed by atoms with van der Waals surface area (Å²) in [7, 11) is 0. The minimum atomic E-state index is -4.43. The van der Waals surface area contributed by atoms with E-state index in [1.807, 2.05) is 23.1 Å². The average Bonchev–Trinajstić information content (AvgIpc) is 2.79. The van der Waals surface area contributed by atoms with Crippen LogP contribution in [0.2, 0.25) is 0 Å². The molecule has 1 aliphatic heterocycles. The molecule has 154 valence electrons. The normalized spacial score (nSPS) is 17.0. The topological polar surface area (TPSA) is 20.3 Å². The predicted octanol–water partition coefficient (Wildman–Crippen LogP) is 6.39. The smallest absolute Gasteiger partial charge is 0.338 e. The maximum absolute atomic E-state index is 13.3. The zero-order valence-corrected chi connectivity index (χ0v) is 16.4. The summed E-state index contributed by atoms with van der Waals surface area (Å²) < 4.78 is 39.9. The highest BCUT2D eigenvalue weighted by molar-refractivity contribution is 5.95. The molecule has 1 saturated heterocycles. The van der Waals surface area contributed by atoms with Gasteiger partial charge < -0.3 is 4.90 Å². The molecule has 1 heterocycles. The lowest BCUT2D eigenvalue weighted by atomic mass is 9.90. The van der Waals surface area contributed by atoms with E-state index in [4.69, 9.17) is 0 Å². The van der Waals surface area contributed by atoms with Crippen LogP contribution in [0.25, 0.3) is 11.1 Å². The lowest BCUT2D eigenvalue weighted by Crippen LogP contribution is -2.39. The number of hydrogen-bond acceptors (Lipinski definition) is 1. The molecule has 0 bridgehead atoms. The van der Waals surface area contributed by atoms with E-state index in [1.54, 1.807) is 30.3 Å². The van der Waals surface area contributed by atoms with Gasteiger partial charge in [0, 0.05) is 24.6 Å². The fraction of sp³-hybridized carbons (Fsp3) is 0.240. The molecule has 0 aromatic heterocycles. The van der Waals surface area contributed by atoms with Crippen LogP contribution in [0.3, 0.4) is 0 Å². The second-order valence-corrected chi connectivity index (χ2v) is 7.62. The second-order valence-electron chi connectivity index (χ2n) is 7.62. The number of halogens is 3. The molecule has 1 atom stereocenters. The first-order chi connectivity index (χ1) is 14.4. The van der Waals surface area contributed by atoms with Crippen molar-refractivity contribution in [3.63, 3.8) is 0 Å². The third kappa shape index (κ3) is 4.25. The Morgan fingerprint density at radius 2 is 1.53 bits per heavy atom. The van der Waals surface area contributed by atoms with E-state index in [0.29, 0.717) is 30.1 Å². The number of piperidine rings is 1. The fourth-order valence-corrected chi connectivity index (χ4v) is 4.12. The van der Waals surface area contributed by atoms with E-state index in [-0.39, 0.29) is 11.5 Å². The van der Waals surface area contributed by atoms with E-state index in [2.05, 4.69) is 12.1 Å². The van der Waals surface area contributed by atoms with E-state index >= 15 is 0 Å². The van der Waals surface area contributed by atoms with Crippen molar-refractivity contribution >= 4 is 5.91 Å². The maximum atomic E-state index is 13.3. The highest BCUT2D eigenvalue weighted by Crippen LogP contribution is 2.37. The summed E-state index contributed by atoms with van der Waals surface area (Å²) >= 11 is 0. The number of benzene rings is 3. The van der Waals surface area contributed by atoms with Gasteiger partial charge in [-0.15, -0.1) is 0 Å². The predicted molar refractivity (Wildman–Crippen MR) is 111 cm³/mol. The molecule has 0 aliphatic carbocycles. The number of nitrogens with zero attached hydrogens (tertiary/aromatic N) is 1. The summed E-state index contributed by atoms with van der Waals surface area (Å²) in [5.74, 6) is 0.230. The van der Waals surface area contributed by atoms with Gasteiger partial charge >= 0.3 is 6.18 Å². The fourth-order valence-electron chi connectivity index (χ4n) is 4.12. The van der Waals surface area contributed by atoms with Crippen LogP contribution < -0.4 is 0 Å². The highest BCUT2D eigenvalue weighted by Gasteiger charge is 2.33. The third-order valence-corrected chi connectivity index (χ3v) is 5.65. The zero-order chi connectivity index (χ0) is 21.1. The van der Waals surface area contributed by atoms with Crippen LogP contribution in [0.1, 0.15) is 40.2 Å². The number of carbonyl (C=O) groups excluding carboxylic acids is 1. The lowest BCUT2D eigenvalue weighted by molar-refractivity contribution is -0.137. The molecule has 30 heavy (non-hydrogen) atoms. The summed E-state index contributed by atoms with van der Waals surface area (Å²) in [6, 6.07) is 22.1. The van der Waals surface area contributed by atoms with Crippen molar-refractivity contribution in [3.05, 3.63) is 95.6 Å². The van der Waals surface area contributed by atoms with Crippen LogP contribution in [0.15, 0.2) is 78.9 Å². The van der Waals surface area contributed by atoms with Crippen LogP contribution in [-0.2, 0) is 6.18 Å². The number of carbonyl (C=O) groups is 1. The summed E-state index contributed by atoms with van der Waals surface area (Å²) in [6.07, 6.45) is -2.45. The quantitative estimate of drug-likeness (QED) is 0.491. The molecule has 0 N–H and O–H groups in total. The largest absolute Gasteiger partial charge is 0.417 e. The van der Waals surface area contributed by atoms with E-state index in [1.165, 1.54) is 17.7 Å². The SMILES string of the molecule is O=C(c1ccc(-c2ccccc2C(F)(F)F)cc1)N1CCCC(c2ccccc2)C1. The Kier molecular flexibility index (Phi) is 5.62. The molecule has 0 spiro atoms. The monoisotopic (exact) mass is 409 g/mol. The molecule has 5 heteroatoms. The Labute approximate surface area is 174 Å². The first-order valence-corrected chi connectivity index (χ1v) is 10.0. The number of likely N-dealkylation sites (tertiary alicyclic amines) is 1. The van der Waals surface area contributed by atoms with Gasteiger partial charge in [-0.1, -0.05) is 60.7 Å². The van der Waals surface area contributed by atoms with Gasteiger partial charge in [0.05, 0.1) is 5.56 Å². The molecular weight excluding hydrogens is 387 g/mol. The van der Waals surface area contributed by atoms with Crippen LogP contribution in [0.5, 0.6) is 0 Å². The maximum Gasteiger partial charge on any atom is 0.417 e. The van der Waals surface area contributed by atoms with Crippen molar-refractivity contribution in [2.75, 3.05) is 13.1 Å². The number of hydrogen-bond donors (Lipinski definition) is 0. The van der Waals surface area contributed by atoms with Gasteiger partial charge in [-0.3, -0.25) is 4.79 Å². The number of rotatable bonds is 3. The second kappa shape index (κ2) is 8.34. The molecule has 1 aliphatic rings. The summed E-state index contributed by atoms with van der Waals surface area (Å²) in [5, 5.41) is 0. The summed E-state index contributed by atoms with van der Waals surface area (Å²) in [6.45, 7) is 1.35. The Hall–Kier alpha value is -3.08. The molecule has 3 aromatic rings. The van der Waals surface area contributed by atoms with Gasteiger partial charge in [-0.05, 0) is 47.7 Å². The highest BCUT2D eigenvalue weighted by atomic mass is 19.4. The van der Waals surface area contributed by atoms with Crippen LogP contribution in [-0.4, -0.2) is 23.9 Å². The standard InChI is InChI=1S/C25H22F3NO/c26-25(27,28)23-11-5-4-10-22(23)19-12-14-20(15-13-19)24(30)29-16-6-9-21(17-29)18-7-2-1-3-8-18/h1-5,7-8,10-15,21H,6,9,16-17H2. The van der Waals surface area contributed by atoms with Crippen molar-refractivity contribution in [1.29, 1.82) is 0 Å². The number of amides is 1. The van der Waals surface area contributed by atoms with Crippen LogP contribution in [0, 0.1) is 0 Å². The first kappa shape index (κ1) is 20.2. The van der Waals surface area contributed by atoms with Crippen molar-refractivity contribution in [2.24, 2.45) is 0 Å². The molecule has 1 amide bonds. The molecule has 0 radical (unpaired) electrons. The van der Waals surface area contributed by atoms with Crippen molar-refractivity contribution in [3.8, 4) is 11.1 Å². The van der Waals surface area contributed by atoms with Crippen LogP contribution in [0.4, 0.5) is 13.2 Å². The average molecular weight is 409 g/mol. The van der Waals surface area contributed by atoms with E-state index < -0.39 is 11.7 Å². The van der Waals surface area contributed by atoms with Gasteiger partial charge in [0.2, 0.25) is 0 Å². The van der Waals surface area contributed by atoms with Gasteiger partial charge in [0.1, 0.15) is 0 Å². The minimum absolute atomic E-state index is 0.0775. The Bertz CT molecular complexity index is 1010. The summed E-state index contributed by atoms with van der Waals surface area (Å²) in [4.78, 5) is 14.8. The summed E-state index contributed by atoms with van der Waals surface area (Å²) in [5.41, 5.74) is 1.61. The van der Waals surface area contributed by atoms with Gasteiger partial charge in [-0.2, -0.15) is 13.2 Å². The Morgan fingerprint density at radius 1 is 0.867 bits per heavy atom. The van der Waals surface area contributed by atoms with E-state index in [0.717, 1.165) is 18.9 Å². The molecular formula is C25H22F3NO. The van der Waals surface area contributed by atoms with Gasteiger partial charge in [0.15, 0.2) is 0 Å². The zero-order valence-electron chi connectivity index (χ0n) is 16.4. The van der Waals surface area contributed by atoms with Gasteiger partial charge in [0.25, 0.3) is 5.91 Å². The lowest BCUT2D eigenvalue weighted by Gasteiger charge is -2.33. The number of alkyl halides is 3. The Balaban J connectivity index is 1.53. The Morgan fingerprint density at radius 3 is 2.23 bits per heavy atom. The molecule has 2 nitrogen and oxygen atoms in total. The third-order valence-electron chi connectivity index (χ3n) is 5.65. The van der Waals surface area contributed by atoms with Crippen LogP contribution >= 0.6 is 0 Å². The molecule has 4 rings (SSSR count). The molecule has 3 aromatic carbocycles.